The van der Waals surface area contributed by atoms with E-state index >= 15 is 0 Å². The van der Waals surface area contributed by atoms with Gasteiger partial charge in [-0.25, -0.2) is 0 Å². The predicted octanol–water partition coefficient (Wildman–Crippen LogP) is 1.96. The Labute approximate surface area is 120 Å². The van der Waals surface area contributed by atoms with Gasteiger partial charge in [0.15, 0.2) is 0 Å². The molecule has 0 fully saturated rings. The average molecular weight is 282 g/mol. The number of hydrogen-bond acceptors (Lipinski definition) is 4. The van der Waals surface area contributed by atoms with Crippen LogP contribution in [0.5, 0.6) is 0 Å². The molecule has 1 aromatic rings. The highest BCUT2D eigenvalue weighted by molar-refractivity contribution is 5.79. The van der Waals surface area contributed by atoms with E-state index in [2.05, 4.69) is 5.16 Å². The molecule has 0 atom stereocenters. The van der Waals surface area contributed by atoms with Gasteiger partial charge in [0, 0.05) is 25.1 Å². The number of carbonyl (C=O) groups excluding carboxylic acids is 1. The first-order valence-electron chi connectivity index (χ1n) is 7.28. The maximum Gasteiger partial charge on any atom is 0.227 e. The summed E-state index contributed by atoms with van der Waals surface area (Å²) in [5, 5.41) is 13.9. The number of carbonyl (C=O) groups is 1. The Morgan fingerprint density at radius 2 is 1.95 bits per heavy atom. The Morgan fingerprint density at radius 1 is 1.30 bits per heavy atom. The van der Waals surface area contributed by atoms with E-state index in [-0.39, 0.29) is 5.91 Å². The quantitative estimate of drug-likeness (QED) is 0.830. The van der Waals surface area contributed by atoms with Crippen LogP contribution >= 0.6 is 0 Å². The molecule has 114 valence electrons. The Kier molecular flexibility index (Phi) is 5.74. The van der Waals surface area contributed by atoms with Crippen molar-refractivity contribution in [3.8, 4) is 0 Å². The van der Waals surface area contributed by atoms with Gasteiger partial charge in [0.05, 0.1) is 17.7 Å². The fourth-order valence-electron chi connectivity index (χ4n) is 2.24. The lowest BCUT2D eigenvalue weighted by Crippen LogP contribution is -2.42. The average Bonchev–Trinajstić information content (AvgIpc) is 2.76. The van der Waals surface area contributed by atoms with Crippen molar-refractivity contribution in [3.63, 3.8) is 0 Å². The molecule has 0 saturated heterocycles. The summed E-state index contributed by atoms with van der Waals surface area (Å²) in [5.74, 6) is 0.789. The second-order valence-electron chi connectivity index (χ2n) is 5.64. The summed E-state index contributed by atoms with van der Waals surface area (Å²) in [6.07, 6.45) is 1.77. The van der Waals surface area contributed by atoms with E-state index in [0.717, 1.165) is 29.9 Å². The van der Waals surface area contributed by atoms with E-state index in [9.17, 15) is 9.90 Å². The Hall–Kier alpha value is -1.36. The normalized spacial score (nSPS) is 11.7. The minimum atomic E-state index is -0.887. The number of aryl methyl sites for hydroxylation is 2. The second-order valence-corrected chi connectivity index (χ2v) is 5.64. The third-order valence-corrected chi connectivity index (χ3v) is 3.25. The standard InChI is InChI=1S/C15H26N2O3/c1-6-12-11(13(7-2)20-16-12)9-14(18)17(8-3)10-15(4,5)19/h19H,6-10H2,1-5H3. The zero-order chi connectivity index (χ0) is 15.3. The molecule has 0 aliphatic rings. The van der Waals surface area contributed by atoms with Crippen LogP contribution in [0.15, 0.2) is 4.52 Å². The number of nitrogens with zero attached hydrogens (tertiary/aromatic N) is 2. The molecule has 1 heterocycles. The van der Waals surface area contributed by atoms with E-state index in [4.69, 9.17) is 4.52 Å². The van der Waals surface area contributed by atoms with Gasteiger partial charge in [-0.3, -0.25) is 4.79 Å². The number of hydrogen-bond donors (Lipinski definition) is 1. The molecule has 20 heavy (non-hydrogen) atoms. The van der Waals surface area contributed by atoms with Crippen LogP contribution in [0.1, 0.15) is 51.6 Å². The summed E-state index contributed by atoms with van der Waals surface area (Å²) < 4.78 is 5.28. The monoisotopic (exact) mass is 282 g/mol. The van der Waals surface area contributed by atoms with E-state index < -0.39 is 5.60 Å². The van der Waals surface area contributed by atoms with Crippen LogP contribution in [-0.4, -0.2) is 39.8 Å². The number of aliphatic hydroxyl groups is 1. The third kappa shape index (κ3) is 4.34. The fourth-order valence-corrected chi connectivity index (χ4v) is 2.24. The molecule has 0 aliphatic heterocycles. The lowest BCUT2D eigenvalue weighted by molar-refractivity contribution is -0.133. The molecule has 1 amide bonds. The van der Waals surface area contributed by atoms with Crippen LogP contribution in [0.4, 0.5) is 0 Å². The highest BCUT2D eigenvalue weighted by Crippen LogP contribution is 2.18. The minimum Gasteiger partial charge on any atom is -0.389 e. The van der Waals surface area contributed by atoms with Crippen LogP contribution in [0, 0.1) is 0 Å². The zero-order valence-electron chi connectivity index (χ0n) is 13.2. The lowest BCUT2D eigenvalue weighted by atomic mass is 10.0. The van der Waals surface area contributed by atoms with Gasteiger partial charge in [0.1, 0.15) is 5.76 Å². The minimum absolute atomic E-state index is 0.00206. The molecule has 1 N–H and O–H groups in total. The van der Waals surface area contributed by atoms with Gasteiger partial charge >= 0.3 is 0 Å². The van der Waals surface area contributed by atoms with Gasteiger partial charge in [-0.05, 0) is 27.2 Å². The molecule has 5 heteroatoms. The van der Waals surface area contributed by atoms with Crippen LogP contribution in [-0.2, 0) is 24.1 Å². The van der Waals surface area contributed by atoms with Crippen LogP contribution in [0.3, 0.4) is 0 Å². The first-order chi connectivity index (χ1) is 9.32. The summed E-state index contributed by atoms with van der Waals surface area (Å²) in [5.41, 5.74) is 0.880. The molecule has 5 nitrogen and oxygen atoms in total. The fraction of sp³-hybridized carbons (Fsp3) is 0.733. The number of rotatable bonds is 7. The van der Waals surface area contributed by atoms with Crippen molar-refractivity contribution in [1.29, 1.82) is 0 Å². The molecular formula is C15H26N2O3. The van der Waals surface area contributed by atoms with E-state index in [1.54, 1.807) is 18.7 Å². The largest absolute Gasteiger partial charge is 0.389 e. The highest BCUT2D eigenvalue weighted by atomic mass is 16.5. The molecule has 0 saturated carbocycles. The van der Waals surface area contributed by atoms with Gasteiger partial charge in [0.25, 0.3) is 0 Å². The first kappa shape index (κ1) is 16.7. The van der Waals surface area contributed by atoms with Crippen LogP contribution < -0.4 is 0 Å². The Morgan fingerprint density at radius 3 is 2.40 bits per heavy atom. The Bertz CT molecular complexity index is 425. The highest BCUT2D eigenvalue weighted by Gasteiger charge is 2.24. The number of aromatic nitrogens is 1. The number of amides is 1. The molecule has 0 radical (unpaired) electrons. The summed E-state index contributed by atoms with van der Waals surface area (Å²) >= 11 is 0. The van der Waals surface area contributed by atoms with Crippen molar-refractivity contribution in [2.45, 2.75) is 59.5 Å². The van der Waals surface area contributed by atoms with Crippen molar-refractivity contribution in [2.24, 2.45) is 0 Å². The predicted molar refractivity (Wildman–Crippen MR) is 77.5 cm³/mol. The van der Waals surface area contributed by atoms with Crippen molar-refractivity contribution < 1.29 is 14.4 Å². The Balaban J connectivity index is 2.86. The molecule has 1 aromatic heterocycles. The van der Waals surface area contributed by atoms with Crippen molar-refractivity contribution in [3.05, 3.63) is 17.0 Å². The van der Waals surface area contributed by atoms with Crippen LogP contribution in [0.2, 0.25) is 0 Å². The van der Waals surface area contributed by atoms with Gasteiger partial charge in [0.2, 0.25) is 5.91 Å². The van der Waals surface area contributed by atoms with Crippen LogP contribution in [0.25, 0.3) is 0 Å². The molecule has 0 aromatic carbocycles. The van der Waals surface area contributed by atoms with E-state index in [1.165, 1.54) is 0 Å². The maximum atomic E-state index is 12.4. The van der Waals surface area contributed by atoms with Crippen molar-refractivity contribution in [2.75, 3.05) is 13.1 Å². The number of likely N-dealkylation sites (N-methyl/N-ethyl adjacent to an activating group) is 1. The third-order valence-electron chi connectivity index (χ3n) is 3.25. The van der Waals surface area contributed by atoms with Gasteiger partial charge in [-0.15, -0.1) is 0 Å². The van der Waals surface area contributed by atoms with E-state index in [0.29, 0.717) is 19.5 Å². The van der Waals surface area contributed by atoms with Crippen molar-refractivity contribution in [1.82, 2.24) is 10.1 Å². The molecule has 0 spiro atoms. The zero-order valence-corrected chi connectivity index (χ0v) is 13.2. The molecule has 1 rings (SSSR count). The first-order valence-corrected chi connectivity index (χ1v) is 7.28. The lowest BCUT2D eigenvalue weighted by Gasteiger charge is -2.28. The van der Waals surface area contributed by atoms with Gasteiger partial charge in [-0.2, -0.15) is 0 Å². The molecular weight excluding hydrogens is 256 g/mol. The maximum absolute atomic E-state index is 12.4. The summed E-state index contributed by atoms with van der Waals surface area (Å²) in [4.78, 5) is 14.1. The van der Waals surface area contributed by atoms with Gasteiger partial charge < -0.3 is 14.5 Å². The molecule has 0 bridgehead atoms. The second kappa shape index (κ2) is 6.88. The molecule has 0 aliphatic carbocycles. The molecule has 0 unspecified atom stereocenters. The van der Waals surface area contributed by atoms with Crippen molar-refractivity contribution >= 4 is 5.91 Å². The topological polar surface area (TPSA) is 66.6 Å². The summed E-state index contributed by atoms with van der Waals surface area (Å²) in [6, 6.07) is 0. The van der Waals surface area contributed by atoms with E-state index in [1.807, 2.05) is 20.8 Å². The van der Waals surface area contributed by atoms with Gasteiger partial charge in [-0.1, -0.05) is 19.0 Å². The SMILES string of the molecule is CCc1noc(CC)c1CC(=O)N(CC)CC(C)(C)O. The summed E-state index contributed by atoms with van der Waals surface area (Å²) in [6.45, 7) is 10.2. The summed E-state index contributed by atoms with van der Waals surface area (Å²) in [7, 11) is 0. The smallest absolute Gasteiger partial charge is 0.227 e.